The van der Waals surface area contributed by atoms with Crippen molar-refractivity contribution in [1.29, 1.82) is 0 Å². The third-order valence-corrected chi connectivity index (χ3v) is 3.04. The number of amides is 1. The van der Waals surface area contributed by atoms with Crippen LogP contribution in [0.4, 0.5) is 0 Å². The molecule has 0 aromatic carbocycles. The maximum atomic E-state index is 11.6. The fourth-order valence-electron chi connectivity index (χ4n) is 0.946. The summed E-state index contributed by atoms with van der Waals surface area (Å²) in [5.41, 5.74) is 0.570. The molecule has 0 saturated carbocycles. The molecule has 0 aliphatic heterocycles. The van der Waals surface area contributed by atoms with Crippen molar-refractivity contribution in [1.82, 2.24) is 9.88 Å². The molecule has 0 aliphatic rings. The second kappa shape index (κ2) is 3.69. The van der Waals surface area contributed by atoms with E-state index in [0.29, 0.717) is 5.69 Å². The molecule has 4 heteroatoms. The van der Waals surface area contributed by atoms with Gasteiger partial charge in [0.05, 0.1) is 5.01 Å². The number of rotatable bonds is 1. The lowest BCUT2D eigenvalue weighted by atomic mass is 9.98. The molecule has 3 nitrogen and oxygen atoms in total. The van der Waals surface area contributed by atoms with Gasteiger partial charge in [0.2, 0.25) is 0 Å². The summed E-state index contributed by atoms with van der Waals surface area (Å²) in [5, 5.41) is 2.82. The molecule has 1 heterocycles. The predicted molar refractivity (Wildman–Crippen MR) is 58.8 cm³/mol. The van der Waals surface area contributed by atoms with Crippen molar-refractivity contribution in [3.63, 3.8) is 0 Å². The first kappa shape index (κ1) is 11.2. The first-order valence-electron chi connectivity index (χ1n) is 4.50. The lowest BCUT2D eigenvalue weighted by Gasteiger charge is -2.13. The lowest BCUT2D eigenvalue weighted by Crippen LogP contribution is -2.22. The smallest absolute Gasteiger partial charge is 0.272 e. The highest BCUT2D eigenvalue weighted by atomic mass is 32.1. The van der Waals surface area contributed by atoms with E-state index in [4.69, 9.17) is 0 Å². The molecule has 0 aliphatic carbocycles. The Labute approximate surface area is 88.8 Å². The molecule has 0 unspecified atom stereocenters. The summed E-state index contributed by atoms with van der Waals surface area (Å²) in [6.07, 6.45) is 0. The van der Waals surface area contributed by atoms with E-state index in [9.17, 15) is 4.79 Å². The van der Waals surface area contributed by atoms with Gasteiger partial charge in [-0.2, -0.15) is 0 Å². The molecule has 1 amide bonds. The van der Waals surface area contributed by atoms with Crippen LogP contribution in [0, 0.1) is 0 Å². The Kier molecular flexibility index (Phi) is 2.95. The van der Waals surface area contributed by atoms with Crippen LogP contribution in [-0.4, -0.2) is 29.9 Å². The summed E-state index contributed by atoms with van der Waals surface area (Å²) in [6.45, 7) is 6.28. The molecule has 0 saturated heterocycles. The minimum absolute atomic E-state index is 0.0233. The maximum Gasteiger partial charge on any atom is 0.272 e. The van der Waals surface area contributed by atoms with Crippen molar-refractivity contribution in [3.8, 4) is 0 Å². The zero-order valence-corrected chi connectivity index (χ0v) is 10.1. The van der Waals surface area contributed by atoms with Crippen LogP contribution < -0.4 is 0 Å². The Balaban J connectivity index is 2.95. The minimum Gasteiger partial charge on any atom is -0.343 e. The highest BCUT2D eigenvalue weighted by Gasteiger charge is 2.20. The van der Waals surface area contributed by atoms with Crippen molar-refractivity contribution >= 4 is 17.2 Å². The third kappa shape index (κ3) is 2.32. The monoisotopic (exact) mass is 212 g/mol. The average molecular weight is 212 g/mol. The summed E-state index contributed by atoms with van der Waals surface area (Å²) in [5.74, 6) is -0.0308. The molecule has 0 fully saturated rings. The molecule has 0 spiro atoms. The van der Waals surface area contributed by atoms with E-state index in [1.54, 1.807) is 30.3 Å². The van der Waals surface area contributed by atoms with Gasteiger partial charge in [-0.1, -0.05) is 20.8 Å². The third-order valence-electron chi connectivity index (χ3n) is 1.77. The van der Waals surface area contributed by atoms with Crippen LogP contribution in [0.25, 0.3) is 0 Å². The van der Waals surface area contributed by atoms with Crippen LogP contribution in [0.15, 0.2) is 5.38 Å². The molecule has 14 heavy (non-hydrogen) atoms. The molecule has 78 valence electrons. The van der Waals surface area contributed by atoms with Gasteiger partial charge >= 0.3 is 0 Å². The van der Waals surface area contributed by atoms with Gasteiger partial charge < -0.3 is 4.90 Å². The van der Waals surface area contributed by atoms with Crippen molar-refractivity contribution in [3.05, 3.63) is 16.1 Å². The van der Waals surface area contributed by atoms with Gasteiger partial charge in [-0.25, -0.2) is 4.98 Å². The second-order valence-corrected chi connectivity index (χ2v) is 5.35. The highest BCUT2D eigenvalue weighted by Crippen LogP contribution is 2.25. The Hall–Kier alpha value is -0.900. The summed E-state index contributed by atoms with van der Waals surface area (Å²) in [4.78, 5) is 17.4. The molecule has 0 atom stereocenters. The number of carbonyl (C=O) groups excluding carboxylic acids is 1. The van der Waals surface area contributed by atoms with Gasteiger partial charge in [-0.15, -0.1) is 11.3 Å². The van der Waals surface area contributed by atoms with Crippen molar-refractivity contribution in [2.24, 2.45) is 0 Å². The molecular formula is C10H16N2OS. The van der Waals surface area contributed by atoms with Crippen LogP contribution in [0.1, 0.15) is 36.3 Å². The second-order valence-electron chi connectivity index (χ2n) is 4.49. The summed E-state index contributed by atoms with van der Waals surface area (Å²) < 4.78 is 0. The summed E-state index contributed by atoms with van der Waals surface area (Å²) in [7, 11) is 3.47. The largest absolute Gasteiger partial charge is 0.343 e. The number of nitrogens with zero attached hydrogens (tertiary/aromatic N) is 2. The van der Waals surface area contributed by atoms with Crippen LogP contribution >= 0.6 is 11.3 Å². The molecule has 0 bridgehead atoms. The molecule has 1 aromatic rings. The molecule has 1 aromatic heterocycles. The predicted octanol–water partition coefficient (Wildman–Crippen LogP) is 2.14. The standard InChI is InChI=1S/C10H16N2OS/c1-10(2,3)9-11-7(6-14-9)8(13)12(4)5/h6H,1-5H3. The number of aromatic nitrogens is 1. The fourth-order valence-corrected chi connectivity index (χ4v) is 1.83. The molecule has 1 rings (SSSR count). The van der Waals surface area contributed by atoms with Crippen LogP contribution in [-0.2, 0) is 5.41 Å². The van der Waals surface area contributed by atoms with E-state index in [1.165, 1.54) is 0 Å². The van der Waals surface area contributed by atoms with Gasteiger partial charge in [0.25, 0.3) is 5.91 Å². The first-order chi connectivity index (χ1) is 6.32. The van der Waals surface area contributed by atoms with E-state index < -0.39 is 0 Å². The normalized spacial score (nSPS) is 11.5. The molecular weight excluding hydrogens is 196 g/mol. The maximum absolute atomic E-state index is 11.6. The highest BCUT2D eigenvalue weighted by molar-refractivity contribution is 7.10. The van der Waals surface area contributed by atoms with E-state index in [1.807, 2.05) is 5.38 Å². The van der Waals surface area contributed by atoms with Crippen molar-refractivity contribution < 1.29 is 4.79 Å². The first-order valence-corrected chi connectivity index (χ1v) is 5.38. The van der Waals surface area contributed by atoms with Crippen LogP contribution in [0.2, 0.25) is 0 Å². The number of hydrogen-bond donors (Lipinski definition) is 0. The summed E-state index contributed by atoms with van der Waals surface area (Å²) >= 11 is 1.54. The van der Waals surface area contributed by atoms with E-state index >= 15 is 0 Å². The van der Waals surface area contributed by atoms with Gasteiger partial charge in [-0.3, -0.25) is 4.79 Å². The van der Waals surface area contributed by atoms with Crippen LogP contribution in [0.3, 0.4) is 0 Å². The van der Waals surface area contributed by atoms with Gasteiger partial charge in [-0.05, 0) is 0 Å². The number of hydrogen-bond acceptors (Lipinski definition) is 3. The zero-order valence-electron chi connectivity index (χ0n) is 9.29. The molecule has 0 radical (unpaired) electrons. The van der Waals surface area contributed by atoms with Crippen LogP contribution in [0.5, 0.6) is 0 Å². The van der Waals surface area contributed by atoms with Gasteiger partial charge in [0.1, 0.15) is 5.69 Å². The van der Waals surface area contributed by atoms with E-state index in [0.717, 1.165) is 5.01 Å². The van der Waals surface area contributed by atoms with Crippen molar-refractivity contribution in [2.45, 2.75) is 26.2 Å². The quantitative estimate of drug-likeness (QED) is 0.714. The van der Waals surface area contributed by atoms with E-state index in [-0.39, 0.29) is 11.3 Å². The molecule has 0 N–H and O–H groups in total. The average Bonchev–Trinajstić information content (AvgIpc) is 2.49. The Morgan fingerprint density at radius 2 is 2.00 bits per heavy atom. The van der Waals surface area contributed by atoms with Gasteiger partial charge in [0, 0.05) is 24.9 Å². The number of thiazole rings is 1. The Bertz CT molecular complexity index is 336. The van der Waals surface area contributed by atoms with Crippen molar-refractivity contribution in [2.75, 3.05) is 14.1 Å². The Morgan fingerprint density at radius 1 is 1.43 bits per heavy atom. The zero-order chi connectivity index (χ0) is 10.9. The topological polar surface area (TPSA) is 33.2 Å². The number of carbonyl (C=O) groups is 1. The Morgan fingerprint density at radius 3 is 2.36 bits per heavy atom. The SMILES string of the molecule is CN(C)C(=O)c1csc(C(C)(C)C)n1. The summed E-state index contributed by atoms with van der Waals surface area (Å²) in [6, 6.07) is 0. The van der Waals surface area contributed by atoms with Gasteiger partial charge in [0.15, 0.2) is 0 Å². The lowest BCUT2D eigenvalue weighted by molar-refractivity contribution is 0.0822. The fraction of sp³-hybridized carbons (Fsp3) is 0.600. The minimum atomic E-state index is -0.0308. The van der Waals surface area contributed by atoms with E-state index in [2.05, 4.69) is 25.8 Å².